The van der Waals surface area contributed by atoms with E-state index in [-0.39, 0.29) is 15.7 Å². The van der Waals surface area contributed by atoms with Crippen LogP contribution in [0.1, 0.15) is 6.92 Å². The predicted molar refractivity (Wildman–Crippen MR) is 61.8 cm³/mol. The third kappa shape index (κ3) is 3.31. The van der Waals surface area contributed by atoms with Gasteiger partial charge in [0.05, 0.1) is 10.0 Å². The minimum absolute atomic E-state index is 0.138. The van der Waals surface area contributed by atoms with Crippen LogP contribution < -0.4 is 5.32 Å². The number of aliphatic carboxylic acids is 1. The quantitative estimate of drug-likeness (QED) is 0.661. The fourth-order valence-corrected chi connectivity index (χ4v) is 1.48. The summed E-state index contributed by atoms with van der Waals surface area (Å²) >= 11 is 11.0. The molecule has 1 aromatic carbocycles. The number of anilines is 1. The molecule has 0 aliphatic carbocycles. The number of carbonyl (C=O) groups excluding carboxylic acids is 1. The smallest absolute Gasteiger partial charge is 0.315 e. The lowest BCUT2D eigenvalue weighted by Gasteiger charge is -2.09. The van der Waals surface area contributed by atoms with Crippen LogP contribution >= 0.6 is 23.2 Å². The highest BCUT2D eigenvalue weighted by atomic mass is 35.5. The van der Waals surface area contributed by atoms with Crippen molar-refractivity contribution in [1.29, 1.82) is 0 Å². The molecule has 1 amide bonds. The van der Waals surface area contributed by atoms with Gasteiger partial charge in [-0.1, -0.05) is 23.2 Å². The van der Waals surface area contributed by atoms with Crippen LogP contribution in [0.4, 0.5) is 10.1 Å². The first-order valence-corrected chi connectivity index (χ1v) is 5.26. The molecule has 1 atom stereocenters. The maximum atomic E-state index is 13.1. The number of hydrogen-bond acceptors (Lipinski definition) is 2. The van der Waals surface area contributed by atoms with Crippen LogP contribution in [-0.2, 0) is 9.59 Å². The lowest BCUT2D eigenvalue weighted by Crippen LogP contribution is -2.26. The van der Waals surface area contributed by atoms with Gasteiger partial charge in [-0.2, -0.15) is 0 Å². The highest BCUT2D eigenvalue weighted by molar-refractivity contribution is 6.35. The number of carbonyl (C=O) groups is 2. The molecule has 0 saturated heterocycles. The topological polar surface area (TPSA) is 66.4 Å². The minimum atomic E-state index is -1.26. The summed E-state index contributed by atoms with van der Waals surface area (Å²) in [6.07, 6.45) is 0. The van der Waals surface area contributed by atoms with E-state index in [2.05, 4.69) is 5.32 Å². The molecule has 92 valence electrons. The molecule has 0 heterocycles. The molecule has 0 aliphatic rings. The molecule has 0 bridgehead atoms. The summed E-state index contributed by atoms with van der Waals surface area (Å²) in [4.78, 5) is 21.9. The predicted octanol–water partition coefficient (Wildman–Crippen LogP) is 2.79. The van der Waals surface area contributed by atoms with E-state index in [4.69, 9.17) is 28.3 Å². The van der Waals surface area contributed by atoms with Gasteiger partial charge in [0, 0.05) is 5.69 Å². The number of benzene rings is 1. The first-order valence-electron chi connectivity index (χ1n) is 4.51. The normalized spacial score (nSPS) is 12.0. The van der Waals surface area contributed by atoms with E-state index in [1.807, 2.05) is 0 Å². The van der Waals surface area contributed by atoms with Crippen LogP contribution in [0.2, 0.25) is 10.0 Å². The molecule has 7 heteroatoms. The number of nitrogens with one attached hydrogen (secondary N) is 1. The molecule has 4 nitrogen and oxygen atoms in total. The second-order valence-corrected chi connectivity index (χ2v) is 4.12. The lowest BCUT2D eigenvalue weighted by molar-refractivity contribution is -0.144. The van der Waals surface area contributed by atoms with Crippen LogP contribution in [0.15, 0.2) is 12.1 Å². The van der Waals surface area contributed by atoms with Gasteiger partial charge in [-0.15, -0.1) is 0 Å². The summed E-state index contributed by atoms with van der Waals surface area (Å²) in [6, 6.07) is 2.30. The number of rotatable bonds is 3. The molecule has 1 unspecified atom stereocenters. The summed E-state index contributed by atoms with van der Waals surface area (Å²) in [6.45, 7) is 1.23. The highest BCUT2D eigenvalue weighted by Crippen LogP contribution is 2.27. The van der Waals surface area contributed by atoms with Gasteiger partial charge in [0.2, 0.25) is 5.91 Å². The molecule has 0 aliphatic heterocycles. The maximum absolute atomic E-state index is 13.1. The summed E-state index contributed by atoms with van der Waals surface area (Å²) in [5.74, 6) is -4.02. The van der Waals surface area contributed by atoms with Crippen molar-refractivity contribution in [3.8, 4) is 0 Å². The van der Waals surface area contributed by atoms with E-state index < -0.39 is 23.6 Å². The van der Waals surface area contributed by atoms with Crippen molar-refractivity contribution in [2.24, 2.45) is 5.92 Å². The number of halogens is 3. The lowest BCUT2D eigenvalue weighted by atomic mass is 10.1. The Balaban J connectivity index is 2.90. The molecule has 0 aromatic heterocycles. The Bertz CT molecular complexity index is 456. The Morgan fingerprint density at radius 3 is 2.24 bits per heavy atom. The van der Waals surface area contributed by atoms with Crippen molar-refractivity contribution in [2.75, 3.05) is 5.32 Å². The third-order valence-corrected chi connectivity index (χ3v) is 2.57. The Morgan fingerprint density at radius 2 is 1.82 bits per heavy atom. The van der Waals surface area contributed by atoms with E-state index in [9.17, 15) is 14.0 Å². The van der Waals surface area contributed by atoms with Crippen LogP contribution in [-0.4, -0.2) is 17.0 Å². The fraction of sp³-hybridized carbons (Fsp3) is 0.200. The van der Waals surface area contributed by atoms with Crippen LogP contribution in [0, 0.1) is 11.7 Å². The van der Waals surface area contributed by atoms with Crippen molar-refractivity contribution >= 4 is 40.8 Å². The number of hydrogen-bond donors (Lipinski definition) is 2. The van der Waals surface area contributed by atoms with Crippen molar-refractivity contribution in [3.05, 3.63) is 28.0 Å². The van der Waals surface area contributed by atoms with Gasteiger partial charge in [-0.3, -0.25) is 9.59 Å². The number of carboxylic acids is 1. The average molecular weight is 280 g/mol. The average Bonchev–Trinajstić information content (AvgIpc) is 2.24. The molecule has 1 rings (SSSR count). The van der Waals surface area contributed by atoms with Crippen LogP contribution in [0.3, 0.4) is 0 Å². The molecule has 0 radical (unpaired) electrons. The molecule has 0 saturated carbocycles. The standard InChI is InChI=1S/C10H8Cl2FNO3/c1-4(10(16)17)9(15)14-5-2-6(11)8(13)7(12)3-5/h2-4H,1H3,(H,14,15)(H,16,17). The zero-order valence-corrected chi connectivity index (χ0v) is 10.1. The van der Waals surface area contributed by atoms with E-state index in [1.54, 1.807) is 0 Å². The third-order valence-electron chi connectivity index (χ3n) is 2.02. The van der Waals surface area contributed by atoms with E-state index >= 15 is 0 Å². The largest absolute Gasteiger partial charge is 0.481 e. The molecular weight excluding hydrogens is 272 g/mol. The minimum Gasteiger partial charge on any atom is -0.481 e. The van der Waals surface area contributed by atoms with Gasteiger partial charge in [-0.05, 0) is 19.1 Å². The fourth-order valence-electron chi connectivity index (χ4n) is 0.990. The zero-order valence-electron chi connectivity index (χ0n) is 8.63. The first kappa shape index (κ1) is 13.7. The summed E-state index contributed by atoms with van der Waals surface area (Å²) < 4.78 is 13.1. The number of amides is 1. The Kier molecular flexibility index (Phi) is 4.31. The van der Waals surface area contributed by atoms with Gasteiger partial charge in [-0.25, -0.2) is 4.39 Å². The van der Waals surface area contributed by atoms with E-state index in [0.29, 0.717) is 0 Å². The molecule has 0 spiro atoms. The molecular formula is C10H8Cl2FNO3. The van der Waals surface area contributed by atoms with Crippen LogP contribution in [0.25, 0.3) is 0 Å². The zero-order chi connectivity index (χ0) is 13.2. The van der Waals surface area contributed by atoms with Crippen molar-refractivity contribution in [3.63, 3.8) is 0 Å². The number of carboxylic acid groups (broad SMARTS) is 1. The summed E-state index contributed by atoms with van der Waals surface area (Å²) in [7, 11) is 0. The van der Waals surface area contributed by atoms with Gasteiger partial charge >= 0.3 is 5.97 Å². The SMILES string of the molecule is CC(C(=O)O)C(=O)Nc1cc(Cl)c(F)c(Cl)c1. The molecule has 17 heavy (non-hydrogen) atoms. The Morgan fingerprint density at radius 1 is 1.35 bits per heavy atom. The van der Waals surface area contributed by atoms with Crippen molar-refractivity contribution in [2.45, 2.75) is 6.92 Å². The van der Waals surface area contributed by atoms with Gasteiger partial charge in [0.15, 0.2) is 5.82 Å². The second-order valence-electron chi connectivity index (χ2n) is 3.30. The van der Waals surface area contributed by atoms with Crippen molar-refractivity contribution in [1.82, 2.24) is 0 Å². The van der Waals surface area contributed by atoms with E-state index in [0.717, 1.165) is 12.1 Å². The van der Waals surface area contributed by atoms with E-state index in [1.165, 1.54) is 6.92 Å². The monoisotopic (exact) mass is 279 g/mol. The molecule has 0 fully saturated rings. The first-order chi connectivity index (χ1) is 7.82. The molecule has 1 aromatic rings. The maximum Gasteiger partial charge on any atom is 0.315 e. The van der Waals surface area contributed by atoms with Crippen molar-refractivity contribution < 1.29 is 19.1 Å². The summed E-state index contributed by atoms with van der Waals surface area (Å²) in [5, 5.41) is 10.4. The molecule has 2 N–H and O–H groups in total. The highest BCUT2D eigenvalue weighted by Gasteiger charge is 2.21. The van der Waals surface area contributed by atoms with Gasteiger partial charge in [0.1, 0.15) is 5.92 Å². The Hall–Kier alpha value is -1.33. The van der Waals surface area contributed by atoms with Gasteiger partial charge < -0.3 is 10.4 Å². The van der Waals surface area contributed by atoms with Gasteiger partial charge in [0.25, 0.3) is 0 Å². The van der Waals surface area contributed by atoms with Crippen LogP contribution in [0.5, 0.6) is 0 Å². The Labute approximate surface area is 106 Å². The summed E-state index contributed by atoms with van der Waals surface area (Å²) in [5.41, 5.74) is 0.138. The second kappa shape index (κ2) is 5.33.